The van der Waals surface area contributed by atoms with Crippen LogP contribution in [0.15, 0.2) is 72.9 Å². The Morgan fingerprint density at radius 1 is 1.04 bits per heavy atom. The molecule has 2 N–H and O–H groups in total. The summed E-state index contributed by atoms with van der Waals surface area (Å²) in [6.45, 7) is 0.719. The summed E-state index contributed by atoms with van der Waals surface area (Å²) in [5, 5.41) is 5.40. The highest BCUT2D eigenvalue weighted by molar-refractivity contribution is 5.89. The Bertz CT molecular complexity index is 854. The minimum atomic E-state index is -0.364. The van der Waals surface area contributed by atoms with Crippen molar-refractivity contribution in [2.24, 2.45) is 0 Å². The van der Waals surface area contributed by atoms with Crippen molar-refractivity contribution in [3.63, 3.8) is 0 Å². The fraction of sp³-hybridized carbons (Fsp3) is 0.100. The standard InChI is InChI=1S/C20H18FN3O2/c21-16-7-9-17(10-8-16)24-20(25)23-13-15-4-3-6-19(12-15)26-14-18-5-1-2-11-22-18/h1-12H,13-14H2,(H2,23,24,25). The molecule has 0 aliphatic rings. The number of amides is 2. The fourth-order valence-corrected chi connectivity index (χ4v) is 2.28. The molecular formula is C20H18FN3O2. The molecule has 3 aromatic rings. The Morgan fingerprint density at radius 3 is 2.65 bits per heavy atom. The smallest absolute Gasteiger partial charge is 0.319 e. The molecule has 6 heteroatoms. The molecule has 0 saturated heterocycles. The predicted octanol–water partition coefficient (Wildman–Crippen LogP) is 4.12. The number of urea groups is 1. The number of halogens is 1. The quantitative estimate of drug-likeness (QED) is 0.702. The number of rotatable bonds is 6. The Kier molecular flexibility index (Phi) is 5.77. The van der Waals surface area contributed by atoms with Crippen molar-refractivity contribution in [2.75, 3.05) is 5.32 Å². The maximum absolute atomic E-state index is 12.9. The lowest BCUT2D eigenvalue weighted by Gasteiger charge is -2.10. The molecule has 0 unspecified atom stereocenters. The number of carbonyl (C=O) groups excluding carboxylic acids is 1. The number of anilines is 1. The van der Waals surface area contributed by atoms with Crippen LogP contribution < -0.4 is 15.4 Å². The van der Waals surface area contributed by atoms with E-state index in [4.69, 9.17) is 4.74 Å². The van der Waals surface area contributed by atoms with Gasteiger partial charge in [-0.15, -0.1) is 0 Å². The van der Waals surface area contributed by atoms with Crippen LogP contribution in [-0.2, 0) is 13.2 Å². The van der Waals surface area contributed by atoms with Gasteiger partial charge < -0.3 is 15.4 Å². The predicted molar refractivity (Wildman–Crippen MR) is 97.3 cm³/mol. The van der Waals surface area contributed by atoms with Crippen molar-refractivity contribution >= 4 is 11.7 Å². The zero-order valence-electron chi connectivity index (χ0n) is 14.0. The summed E-state index contributed by atoms with van der Waals surface area (Å²) in [6.07, 6.45) is 1.72. The number of carbonyl (C=O) groups is 1. The number of ether oxygens (including phenoxy) is 1. The lowest BCUT2D eigenvalue weighted by molar-refractivity contribution is 0.251. The van der Waals surface area contributed by atoms with E-state index in [0.717, 1.165) is 11.3 Å². The molecule has 1 heterocycles. The van der Waals surface area contributed by atoms with Crippen molar-refractivity contribution in [3.8, 4) is 5.75 Å². The number of benzene rings is 2. The number of hydrogen-bond donors (Lipinski definition) is 2. The number of pyridine rings is 1. The molecule has 26 heavy (non-hydrogen) atoms. The van der Waals surface area contributed by atoms with E-state index in [0.29, 0.717) is 24.6 Å². The summed E-state index contributed by atoms with van der Waals surface area (Å²) in [6, 6.07) is 18.3. The van der Waals surface area contributed by atoms with Gasteiger partial charge in [0.1, 0.15) is 18.2 Å². The van der Waals surface area contributed by atoms with Gasteiger partial charge in [0.2, 0.25) is 0 Å². The van der Waals surface area contributed by atoms with Gasteiger partial charge in [-0.3, -0.25) is 4.98 Å². The summed E-state index contributed by atoms with van der Waals surface area (Å²) in [7, 11) is 0. The van der Waals surface area contributed by atoms with Crippen LogP contribution >= 0.6 is 0 Å². The van der Waals surface area contributed by atoms with Gasteiger partial charge in [-0.05, 0) is 54.1 Å². The van der Waals surface area contributed by atoms with E-state index >= 15 is 0 Å². The molecule has 2 aromatic carbocycles. The molecule has 0 bridgehead atoms. The highest BCUT2D eigenvalue weighted by Crippen LogP contribution is 2.15. The molecule has 3 rings (SSSR count). The van der Waals surface area contributed by atoms with E-state index in [1.165, 1.54) is 24.3 Å². The summed E-state index contributed by atoms with van der Waals surface area (Å²) in [4.78, 5) is 16.1. The molecule has 0 saturated carbocycles. The second kappa shape index (κ2) is 8.62. The van der Waals surface area contributed by atoms with Crippen molar-refractivity contribution in [2.45, 2.75) is 13.2 Å². The average Bonchev–Trinajstić information content (AvgIpc) is 2.68. The number of hydrogen-bond acceptors (Lipinski definition) is 3. The third kappa shape index (κ3) is 5.31. The maximum atomic E-state index is 12.9. The lowest BCUT2D eigenvalue weighted by atomic mass is 10.2. The van der Waals surface area contributed by atoms with Gasteiger partial charge >= 0.3 is 6.03 Å². The van der Waals surface area contributed by atoms with Gasteiger partial charge in [0.05, 0.1) is 5.69 Å². The van der Waals surface area contributed by atoms with Crippen molar-refractivity contribution in [1.82, 2.24) is 10.3 Å². The van der Waals surface area contributed by atoms with E-state index in [1.54, 1.807) is 6.20 Å². The summed E-state index contributed by atoms with van der Waals surface area (Å²) in [5.74, 6) is 0.354. The van der Waals surface area contributed by atoms with Crippen molar-refractivity contribution < 1.29 is 13.9 Å². The van der Waals surface area contributed by atoms with Crippen LogP contribution in [0, 0.1) is 5.82 Å². The summed E-state index contributed by atoms with van der Waals surface area (Å²) in [5.41, 5.74) is 2.27. The molecule has 0 aliphatic carbocycles. The zero-order chi connectivity index (χ0) is 18.2. The van der Waals surface area contributed by atoms with Gasteiger partial charge in [-0.1, -0.05) is 18.2 Å². The lowest BCUT2D eigenvalue weighted by Crippen LogP contribution is -2.28. The second-order valence-corrected chi connectivity index (χ2v) is 5.57. The van der Waals surface area contributed by atoms with Crippen LogP contribution in [0.1, 0.15) is 11.3 Å². The van der Waals surface area contributed by atoms with Gasteiger partial charge in [-0.25, -0.2) is 9.18 Å². The first-order chi connectivity index (χ1) is 12.7. The third-order valence-electron chi connectivity index (χ3n) is 3.57. The third-order valence-corrected chi connectivity index (χ3v) is 3.57. The van der Waals surface area contributed by atoms with E-state index in [2.05, 4.69) is 15.6 Å². The Hall–Kier alpha value is -3.41. The average molecular weight is 351 g/mol. The van der Waals surface area contributed by atoms with Crippen LogP contribution in [0.3, 0.4) is 0 Å². The van der Waals surface area contributed by atoms with Crippen LogP contribution in [0.2, 0.25) is 0 Å². The molecule has 0 aliphatic heterocycles. The van der Waals surface area contributed by atoms with Gasteiger partial charge in [0.15, 0.2) is 0 Å². The Labute approximate surface area is 150 Å². The van der Waals surface area contributed by atoms with E-state index in [-0.39, 0.29) is 11.8 Å². The summed E-state index contributed by atoms with van der Waals surface area (Å²) >= 11 is 0. The second-order valence-electron chi connectivity index (χ2n) is 5.57. The maximum Gasteiger partial charge on any atom is 0.319 e. The zero-order valence-corrected chi connectivity index (χ0v) is 14.0. The molecule has 0 radical (unpaired) electrons. The van der Waals surface area contributed by atoms with Gasteiger partial charge in [0, 0.05) is 18.4 Å². The van der Waals surface area contributed by atoms with Crippen LogP contribution in [-0.4, -0.2) is 11.0 Å². The minimum absolute atomic E-state index is 0.341. The van der Waals surface area contributed by atoms with Gasteiger partial charge in [0.25, 0.3) is 0 Å². The SMILES string of the molecule is O=C(NCc1cccc(OCc2ccccn2)c1)Nc1ccc(F)cc1. The first kappa shape index (κ1) is 17.4. The largest absolute Gasteiger partial charge is 0.487 e. The van der Waals surface area contributed by atoms with Crippen LogP contribution in [0.4, 0.5) is 14.9 Å². The molecule has 2 amide bonds. The first-order valence-electron chi connectivity index (χ1n) is 8.11. The molecule has 5 nitrogen and oxygen atoms in total. The first-order valence-corrected chi connectivity index (χ1v) is 8.11. The Balaban J connectivity index is 1.50. The number of nitrogens with one attached hydrogen (secondary N) is 2. The highest BCUT2D eigenvalue weighted by atomic mass is 19.1. The molecule has 0 atom stereocenters. The molecule has 0 spiro atoms. The van der Waals surface area contributed by atoms with Crippen molar-refractivity contribution in [3.05, 3.63) is 90.0 Å². The fourth-order valence-electron chi connectivity index (χ4n) is 2.28. The number of nitrogens with zero attached hydrogens (tertiary/aromatic N) is 1. The Morgan fingerprint density at radius 2 is 1.88 bits per heavy atom. The van der Waals surface area contributed by atoms with E-state index in [1.807, 2.05) is 42.5 Å². The summed E-state index contributed by atoms with van der Waals surface area (Å²) < 4.78 is 18.6. The topological polar surface area (TPSA) is 63.2 Å². The molecular weight excluding hydrogens is 333 g/mol. The molecule has 132 valence electrons. The van der Waals surface area contributed by atoms with Gasteiger partial charge in [-0.2, -0.15) is 0 Å². The normalized spacial score (nSPS) is 10.2. The molecule has 0 fully saturated rings. The minimum Gasteiger partial charge on any atom is -0.487 e. The molecule has 1 aromatic heterocycles. The van der Waals surface area contributed by atoms with E-state index < -0.39 is 0 Å². The monoisotopic (exact) mass is 351 g/mol. The van der Waals surface area contributed by atoms with E-state index in [9.17, 15) is 9.18 Å². The number of aromatic nitrogens is 1. The highest BCUT2D eigenvalue weighted by Gasteiger charge is 2.03. The van der Waals surface area contributed by atoms with Crippen molar-refractivity contribution in [1.29, 1.82) is 0 Å². The van der Waals surface area contributed by atoms with Crippen LogP contribution in [0.25, 0.3) is 0 Å². The van der Waals surface area contributed by atoms with Crippen LogP contribution in [0.5, 0.6) is 5.75 Å².